The first kappa shape index (κ1) is 21.7. The predicted molar refractivity (Wildman–Crippen MR) is 114 cm³/mol. The fourth-order valence-electron chi connectivity index (χ4n) is 2.94. The average Bonchev–Trinajstić information content (AvgIpc) is 2.78. The van der Waals surface area contributed by atoms with E-state index in [-0.39, 0.29) is 12.4 Å². The Morgan fingerprint density at radius 2 is 2.03 bits per heavy atom. The van der Waals surface area contributed by atoms with Crippen LogP contribution in [0.15, 0.2) is 60.0 Å². The van der Waals surface area contributed by atoms with E-state index in [2.05, 4.69) is 15.5 Å². The van der Waals surface area contributed by atoms with Gasteiger partial charge >= 0.3 is 6.03 Å². The molecule has 0 saturated heterocycles. The monoisotopic (exact) mass is 424 g/mol. The number of nitrogens with one attached hydrogen (secondary N) is 1. The molecule has 9 heteroatoms. The molecule has 0 aliphatic rings. The number of methoxy groups -OCH3 is 1. The number of benzene rings is 2. The molecule has 1 aromatic heterocycles. The van der Waals surface area contributed by atoms with Crippen LogP contribution in [-0.4, -0.2) is 29.9 Å². The van der Waals surface area contributed by atoms with Crippen molar-refractivity contribution in [1.82, 2.24) is 4.98 Å². The number of amides is 2. The summed E-state index contributed by atoms with van der Waals surface area (Å²) >= 11 is 0. The summed E-state index contributed by atoms with van der Waals surface area (Å²) in [5.41, 5.74) is 3.58. The number of carbonyl (C=O) groups excluding carboxylic acids is 1. The number of pyridine rings is 1. The van der Waals surface area contributed by atoms with Gasteiger partial charge in [-0.25, -0.2) is 20.3 Å². The van der Waals surface area contributed by atoms with Crippen LogP contribution in [-0.2, 0) is 6.61 Å². The molecule has 0 unspecified atom stereocenters. The van der Waals surface area contributed by atoms with Crippen molar-refractivity contribution in [2.45, 2.75) is 13.5 Å². The molecule has 31 heavy (non-hydrogen) atoms. The zero-order valence-corrected chi connectivity index (χ0v) is 17.4. The van der Waals surface area contributed by atoms with Crippen molar-refractivity contribution in [3.8, 4) is 22.8 Å². The van der Waals surface area contributed by atoms with Crippen LogP contribution < -0.4 is 20.6 Å². The molecular weight excluding hydrogens is 401 g/mol. The third-order valence-corrected chi connectivity index (χ3v) is 4.63. The molecule has 0 saturated carbocycles. The van der Waals surface area contributed by atoms with Crippen LogP contribution in [0.3, 0.4) is 0 Å². The number of rotatable bonds is 6. The average molecular weight is 424 g/mol. The van der Waals surface area contributed by atoms with Gasteiger partial charge in [0.2, 0.25) is 0 Å². The number of urea groups is 1. The van der Waals surface area contributed by atoms with Crippen LogP contribution in [0.25, 0.3) is 11.3 Å². The molecule has 0 spiro atoms. The minimum absolute atomic E-state index is 0.151. The van der Waals surface area contributed by atoms with E-state index in [9.17, 15) is 9.18 Å². The quantitative estimate of drug-likeness (QED) is 0.266. The second-order valence-corrected chi connectivity index (χ2v) is 6.69. The van der Waals surface area contributed by atoms with Crippen molar-refractivity contribution in [2.75, 3.05) is 19.5 Å². The van der Waals surface area contributed by atoms with Gasteiger partial charge in [-0.2, -0.15) is 0 Å². The van der Waals surface area contributed by atoms with Gasteiger partial charge in [-0.05, 0) is 55.0 Å². The summed E-state index contributed by atoms with van der Waals surface area (Å²) in [6.45, 7) is 2.06. The maximum atomic E-state index is 13.1. The third-order valence-electron chi connectivity index (χ3n) is 4.63. The minimum atomic E-state index is -0.496. The number of aromatic nitrogens is 1. The molecule has 2 aromatic carbocycles. The topological polar surface area (TPSA) is 102 Å². The first-order valence-electron chi connectivity index (χ1n) is 9.39. The second kappa shape index (κ2) is 9.66. The van der Waals surface area contributed by atoms with Crippen LogP contribution >= 0.6 is 0 Å². The van der Waals surface area contributed by atoms with E-state index in [4.69, 9.17) is 15.3 Å². The van der Waals surface area contributed by atoms with E-state index >= 15 is 0 Å². The maximum Gasteiger partial charge on any atom is 0.459 e. The lowest BCUT2D eigenvalue weighted by Crippen LogP contribution is -2.23. The molecule has 8 nitrogen and oxygen atoms in total. The van der Waals surface area contributed by atoms with E-state index < -0.39 is 6.03 Å². The fraction of sp³-hybridized carbons (Fsp3) is 0.182. The first-order chi connectivity index (χ1) is 14.9. The smallest absolute Gasteiger partial charge is 0.459 e. The molecule has 0 fully saturated rings. The number of hydrogen-bond acceptors (Lipinski definition) is 5. The Kier molecular flexibility index (Phi) is 6.76. The normalized spacial score (nSPS) is 11.2. The third kappa shape index (κ3) is 5.13. The Hall–Kier alpha value is -4.01. The lowest BCUT2D eigenvalue weighted by molar-refractivity contribution is -0.466. The summed E-state index contributed by atoms with van der Waals surface area (Å²) in [5, 5.41) is 6.07. The zero-order valence-electron chi connectivity index (χ0n) is 17.4. The molecule has 0 aliphatic carbocycles. The number of hydrogen-bond donors (Lipinski definition) is 2. The van der Waals surface area contributed by atoms with Crippen LogP contribution in [0.2, 0.25) is 0 Å². The highest BCUT2D eigenvalue weighted by Gasteiger charge is 2.18. The number of carbonyl (C=O) groups is 1. The van der Waals surface area contributed by atoms with Gasteiger partial charge in [-0.1, -0.05) is 6.07 Å². The molecule has 3 N–H and O–H groups in total. The van der Waals surface area contributed by atoms with Crippen LogP contribution in [0.5, 0.6) is 11.5 Å². The summed E-state index contributed by atoms with van der Waals surface area (Å²) in [6.07, 6.45) is 1.18. The Bertz CT molecular complexity index is 1120. The Balaban J connectivity index is 1.82. The highest BCUT2D eigenvalue weighted by Crippen LogP contribution is 2.30. The van der Waals surface area contributed by atoms with E-state index in [0.29, 0.717) is 28.4 Å². The first-order valence-corrected chi connectivity index (χ1v) is 9.39. The molecule has 0 radical (unpaired) electrons. The van der Waals surface area contributed by atoms with Gasteiger partial charge in [0.1, 0.15) is 29.6 Å². The lowest BCUT2D eigenvalue weighted by Gasteiger charge is -2.15. The van der Waals surface area contributed by atoms with Gasteiger partial charge in [-0.15, -0.1) is 4.70 Å². The summed E-state index contributed by atoms with van der Waals surface area (Å²) in [4.78, 5) is 16.2. The van der Waals surface area contributed by atoms with Crippen molar-refractivity contribution in [3.05, 3.63) is 71.7 Å². The summed E-state index contributed by atoms with van der Waals surface area (Å²) in [7, 11) is 2.98. The van der Waals surface area contributed by atoms with Gasteiger partial charge < -0.3 is 9.47 Å². The van der Waals surface area contributed by atoms with Gasteiger partial charge in [0, 0.05) is 10.8 Å². The standard InChI is InChI=1S/C22H22FN5O3/c1-14-11-15(18-9-8-16(23)12-25-18)7-10-20(14)31-13-17-19(5-4-6-21(17)30-3)26-22(29)28(2)27-24/h4-12,24H,13H2,1-3H3,(H,26,29)/p+1. The number of aryl methyl sites for hydroxylation is 1. The number of anilines is 1. The van der Waals surface area contributed by atoms with Crippen molar-refractivity contribution < 1.29 is 23.4 Å². The molecule has 2 amide bonds. The Morgan fingerprint density at radius 1 is 1.23 bits per heavy atom. The van der Waals surface area contributed by atoms with Crippen molar-refractivity contribution in [2.24, 2.45) is 11.1 Å². The maximum absolute atomic E-state index is 13.1. The lowest BCUT2D eigenvalue weighted by atomic mass is 10.1. The number of ether oxygens (including phenoxy) is 2. The molecular formula is C22H23FN5O3+. The molecule has 0 atom stereocenters. The fourth-order valence-corrected chi connectivity index (χ4v) is 2.94. The SMILES string of the molecule is COc1cccc(NC(=O)/[N+](C)=N\N)c1COc1ccc(-c2ccc(F)cn2)cc1C. The highest BCUT2D eigenvalue weighted by molar-refractivity contribution is 5.84. The highest BCUT2D eigenvalue weighted by atomic mass is 19.1. The zero-order chi connectivity index (χ0) is 22.4. The van der Waals surface area contributed by atoms with Crippen LogP contribution in [0.1, 0.15) is 11.1 Å². The molecule has 3 rings (SSSR count). The van der Waals surface area contributed by atoms with Gasteiger partial charge in [0.25, 0.3) is 0 Å². The molecule has 1 heterocycles. The molecule has 0 bridgehead atoms. The number of halogens is 1. The Morgan fingerprint density at radius 3 is 2.68 bits per heavy atom. The van der Waals surface area contributed by atoms with E-state index in [1.54, 1.807) is 31.4 Å². The minimum Gasteiger partial charge on any atom is -0.496 e. The number of nitrogens with two attached hydrogens (primary N) is 1. The summed E-state index contributed by atoms with van der Waals surface area (Å²) in [5.74, 6) is 5.99. The number of nitrogens with zero attached hydrogens (tertiary/aromatic N) is 3. The second-order valence-electron chi connectivity index (χ2n) is 6.69. The van der Waals surface area contributed by atoms with E-state index in [1.807, 2.05) is 25.1 Å². The summed E-state index contributed by atoms with van der Waals surface area (Å²) < 4.78 is 25.5. The van der Waals surface area contributed by atoms with Gasteiger partial charge in [0.05, 0.1) is 31.6 Å². The van der Waals surface area contributed by atoms with Crippen molar-refractivity contribution in [1.29, 1.82) is 0 Å². The van der Waals surface area contributed by atoms with Crippen molar-refractivity contribution in [3.63, 3.8) is 0 Å². The summed E-state index contributed by atoms with van der Waals surface area (Å²) in [6, 6.07) is 13.4. The molecule has 160 valence electrons. The largest absolute Gasteiger partial charge is 0.496 e. The molecule has 0 aliphatic heterocycles. The molecule has 3 aromatic rings. The van der Waals surface area contributed by atoms with Crippen LogP contribution in [0.4, 0.5) is 14.9 Å². The van der Waals surface area contributed by atoms with Gasteiger partial charge in [-0.3, -0.25) is 4.98 Å². The van der Waals surface area contributed by atoms with Gasteiger partial charge in [0.15, 0.2) is 0 Å². The Labute approximate surface area is 179 Å². The predicted octanol–water partition coefficient (Wildman–Crippen LogP) is 4.28. The van der Waals surface area contributed by atoms with E-state index in [0.717, 1.165) is 15.8 Å². The van der Waals surface area contributed by atoms with Crippen LogP contribution in [0, 0.1) is 12.7 Å². The van der Waals surface area contributed by atoms with E-state index in [1.165, 1.54) is 19.3 Å². The van der Waals surface area contributed by atoms with Crippen molar-refractivity contribution >= 4 is 11.7 Å².